The fourth-order valence-electron chi connectivity index (χ4n) is 3.82. The molecule has 0 aliphatic heterocycles. The van der Waals surface area contributed by atoms with Crippen molar-refractivity contribution in [3.05, 3.63) is 59.3 Å². The number of rotatable bonds is 9. The number of anilines is 1. The van der Waals surface area contributed by atoms with Gasteiger partial charge in [-0.1, -0.05) is 51.1 Å². The molecule has 0 saturated heterocycles. The molecule has 1 N–H and O–H groups in total. The maximum Gasteiger partial charge on any atom is 0.132 e. The van der Waals surface area contributed by atoms with E-state index in [1.54, 1.807) is 6.92 Å². The average Bonchev–Trinajstić information content (AvgIpc) is 2.65. The van der Waals surface area contributed by atoms with E-state index in [0.29, 0.717) is 17.6 Å². The summed E-state index contributed by atoms with van der Waals surface area (Å²) < 4.78 is 0. The minimum atomic E-state index is 0.150. The van der Waals surface area contributed by atoms with Crippen LogP contribution in [0.1, 0.15) is 63.3 Å². The van der Waals surface area contributed by atoms with Crippen LogP contribution >= 0.6 is 0 Å². The highest BCUT2D eigenvalue weighted by atomic mass is 16.1. The number of hydrogen-bond donors (Lipinski definition) is 1. The number of benzene rings is 1. The summed E-state index contributed by atoms with van der Waals surface area (Å²) in [6.45, 7) is 12.6. The molecule has 2 rings (SSSR count). The molecule has 0 spiro atoms. The van der Waals surface area contributed by atoms with E-state index >= 15 is 0 Å². The number of ketones is 1. The third kappa shape index (κ3) is 5.41. The molecule has 0 amide bonds. The monoisotopic (exact) mass is 366 g/mol. The van der Waals surface area contributed by atoms with Gasteiger partial charge in [0.1, 0.15) is 11.6 Å². The SMILES string of the molecule is CCC(CC(C)C(C)C(Nc1ncccc1C)c1ccccc1C)C(C)=O. The van der Waals surface area contributed by atoms with Gasteiger partial charge in [0.05, 0.1) is 6.04 Å². The highest BCUT2D eigenvalue weighted by Crippen LogP contribution is 2.36. The number of pyridine rings is 1. The van der Waals surface area contributed by atoms with E-state index in [0.717, 1.165) is 24.2 Å². The largest absolute Gasteiger partial charge is 0.363 e. The van der Waals surface area contributed by atoms with E-state index in [1.165, 1.54) is 11.1 Å². The molecule has 146 valence electrons. The van der Waals surface area contributed by atoms with Crippen LogP contribution in [0.5, 0.6) is 0 Å². The quantitative estimate of drug-likeness (QED) is 0.580. The Morgan fingerprint density at radius 3 is 2.33 bits per heavy atom. The number of carbonyl (C=O) groups is 1. The van der Waals surface area contributed by atoms with Gasteiger partial charge in [0.25, 0.3) is 0 Å². The molecule has 1 heterocycles. The lowest BCUT2D eigenvalue weighted by Crippen LogP contribution is -2.27. The number of nitrogens with one attached hydrogen (secondary N) is 1. The first kappa shape index (κ1) is 21.1. The Hall–Kier alpha value is -2.16. The molecule has 1 aromatic heterocycles. The van der Waals surface area contributed by atoms with E-state index in [2.05, 4.69) is 75.3 Å². The normalized spacial score (nSPS) is 15.6. The molecule has 1 aromatic carbocycles. The number of aromatic nitrogens is 1. The average molecular weight is 367 g/mol. The van der Waals surface area contributed by atoms with Gasteiger partial charge in [0.2, 0.25) is 0 Å². The second-order valence-corrected chi connectivity index (χ2v) is 7.94. The fraction of sp³-hybridized carbons (Fsp3) is 0.500. The summed E-state index contributed by atoms with van der Waals surface area (Å²) in [5.41, 5.74) is 3.73. The molecule has 27 heavy (non-hydrogen) atoms. The Morgan fingerprint density at radius 1 is 1.07 bits per heavy atom. The maximum absolute atomic E-state index is 11.9. The number of carbonyl (C=O) groups excluding carboxylic acids is 1. The van der Waals surface area contributed by atoms with Crippen molar-refractivity contribution in [1.29, 1.82) is 0 Å². The predicted octanol–water partition coefficient (Wildman–Crippen LogP) is 6.13. The standard InChI is InChI=1S/C24H34N2O/c1-7-21(20(6)27)15-18(4)19(5)23(22-13-9-8-11-16(22)2)26-24-17(3)12-10-14-25-24/h8-14,18-19,21,23H,7,15H2,1-6H3,(H,25,26). The number of hydrogen-bond acceptors (Lipinski definition) is 3. The predicted molar refractivity (Wildman–Crippen MR) is 114 cm³/mol. The summed E-state index contributed by atoms with van der Waals surface area (Å²) in [7, 11) is 0. The molecule has 0 bridgehead atoms. The number of nitrogens with zero attached hydrogens (tertiary/aromatic N) is 1. The van der Waals surface area contributed by atoms with Crippen molar-refractivity contribution in [2.24, 2.45) is 17.8 Å². The van der Waals surface area contributed by atoms with Crippen LogP contribution in [-0.4, -0.2) is 10.8 Å². The Kier molecular flexibility index (Phi) is 7.58. The molecule has 3 heteroatoms. The van der Waals surface area contributed by atoms with Crippen LogP contribution in [0.2, 0.25) is 0 Å². The topological polar surface area (TPSA) is 42.0 Å². The summed E-state index contributed by atoms with van der Waals surface area (Å²) >= 11 is 0. The molecule has 0 aliphatic carbocycles. The zero-order valence-electron chi connectivity index (χ0n) is 17.6. The molecular weight excluding hydrogens is 332 g/mol. The van der Waals surface area contributed by atoms with Gasteiger partial charge in [0.15, 0.2) is 0 Å². The van der Waals surface area contributed by atoms with E-state index in [-0.39, 0.29) is 12.0 Å². The van der Waals surface area contributed by atoms with Crippen molar-refractivity contribution in [2.75, 3.05) is 5.32 Å². The first-order valence-corrected chi connectivity index (χ1v) is 10.1. The van der Waals surface area contributed by atoms with Crippen molar-refractivity contribution in [3.8, 4) is 0 Å². The Bertz CT molecular complexity index is 756. The van der Waals surface area contributed by atoms with E-state index < -0.39 is 0 Å². The van der Waals surface area contributed by atoms with Crippen LogP contribution in [-0.2, 0) is 4.79 Å². The summed E-state index contributed by atoms with van der Waals surface area (Å²) in [5, 5.41) is 3.71. The molecule has 2 aromatic rings. The van der Waals surface area contributed by atoms with Gasteiger partial charge in [-0.25, -0.2) is 4.98 Å². The smallest absolute Gasteiger partial charge is 0.132 e. The Morgan fingerprint density at radius 2 is 1.74 bits per heavy atom. The van der Waals surface area contributed by atoms with Crippen molar-refractivity contribution in [1.82, 2.24) is 4.98 Å². The summed E-state index contributed by atoms with van der Waals surface area (Å²) in [4.78, 5) is 16.5. The second-order valence-electron chi connectivity index (χ2n) is 7.94. The lowest BCUT2D eigenvalue weighted by atomic mass is 9.78. The van der Waals surface area contributed by atoms with Gasteiger partial charge in [-0.05, 0) is 68.2 Å². The van der Waals surface area contributed by atoms with Crippen molar-refractivity contribution in [3.63, 3.8) is 0 Å². The van der Waals surface area contributed by atoms with Crippen molar-refractivity contribution < 1.29 is 4.79 Å². The van der Waals surface area contributed by atoms with Gasteiger partial charge in [-0.15, -0.1) is 0 Å². The second kappa shape index (κ2) is 9.68. The Balaban J connectivity index is 2.32. The van der Waals surface area contributed by atoms with Gasteiger partial charge in [0, 0.05) is 12.1 Å². The van der Waals surface area contributed by atoms with Crippen LogP contribution in [0.3, 0.4) is 0 Å². The zero-order valence-corrected chi connectivity index (χ0v) is 17.6. The summed E-state index contributed by atoms with van der Waals surface area (Å²) in [6, 6.07) is 12.8. The first-order valence-electron chi connectivity index (χ1n) is 10.1. The molecular formula is C24H34N2O. The highest BCUT2D eigenvalue weighted by Gasteiger charge is 2.28. The third-order valence-corrected chi connectivity index (χ3v) is 5.97. The molecule has 0 aliphatic rings. The highest BCUT2D eigenvalue weighted by molar-refractivity contribution is 5.78. The third-order valence-electron chi connectivity index (χ3n) is 5.97. The van der Waals surface area contributed by atoms with Gasteiger partial charge < -0.3 is 5.32 Å². The minimum absolute atomic E-state index is 0.150. The molecule has 3 nitrogen and oxygen atoms in total. The van der Waals surface area contributed by atoms with Crippen LogP contribution < -0.4 is 5.32 Å². The molecule has 4 atom stereocenters. The lowest BCUT2D eigenvalue weighted by Gasteiger charge is -2.33. The molecule has 0 fully saturated rings. The minimum Gasteiger partial charge on any atom is -0.363 e. The van der Waals surface area contributed by atoms with E-state index in [4.69, 9.17) is 0 Å². The first-order chi connectivity index (χ1) is 12.8. The number of aryl methyl sites for hydroxylation is 2. The van der Waals surface area contributed by atoms with Crippen molar-refractivity contribution >= 4 is 11.6 Å². The lowest BCUT2D eigenvalue weighted by molar-refractivity contribution is -0.121. The van der Waals surface area contributed by atoms with Crippen LogP contribution in [0.15, 0.2) is 42.6 Å². The van der Waals surface area contributed by atoms with Crippen LogP contribution in [0.25, 0.3) is 0 Å². The van der Waals surface area contributed by atoms with Crippen LogP contribution in [0.4, 0.5) is 5.82 Å². The summed E-state index contributed by atoms with van der Waals surface area (Å²) in [6.07, 6.45) is 3.67. The maximum atomic E-state index is 11.9. The van der Waals surface area contributed by atoms with Crippen molar-refractivity contribution in [2.45, 2.75) is 60.4 Å². The fourth-order valence-corrected chi connectivity index (χ4v) is 3.82. The molecule has 4 unspecified atom stereocenters. The molecule has 0 radical (unpaired) electrons. The van der Waals surface area contributed by atoms with Crippen LogP contribution in [0, 0.1) is 31.6 Å². The molecule has 0 saturated carbocycles. The Labute approximate surface area is 164 Å². The van der Waals surface area contributed by atoms with Gasteiger partial charge in [-0.2, -0.15) is 0 Å². The zero-order chi connectivity index (χ0) is 20.0. The number of Topliss-reactive ketones (excluding diaryl/α,β-unsaturated/α-hetero) is 1. The van der Waals surface area contributed by atoms with E-state index in [9.17, 15) is 4.79 Å². The van der Waals surface area contributed by atoms with E-state index in [1.807, 2.05) is 12.3 Å². The summed E-state index contributed by atoms with van der Waals surface area (Å²) in [5.74, 6) is 2.17. The van der Waals surface area contributed by atoms with Gasteiger partial charge >= 0.3 is 0 Å². The van der Waals surface area contributed by atoms with Gasteiger partial charge in [-0.3, -0.25) is 4.79 Å².